The van der Waals surface area contributed by atoms with Crippen LogP contribution in [0.25, 0.3) is 0 Å². The minimum atomic E-state index is -0.220. The molecule has 1 aromatic carbocycles. The Morgan fingerprint density at radius 1 is 1.00 bits per heavy atom. The number of hydrogen-bond donors (Lipinski definition) is 2. The molecule has 110 valence electrons. The van der Waals surface area contributed by atoms with E-state index < -0.39 is 0 Å². The molecule has 0 bridgehead atoms. The van der Waals surface area contributed by atoms with E-state index in [1.165, 1.54) is 0 Å². The summed E-state index contributed by atoms with van der Waals surface area (Å²) >= 11 is 0. The normalized spacial score (nSPS) is 9.95. The van der Waals surface area contributed by atoms with Crippen LogP contribution in [0.3, 0.4) is 0 Å². The Hall–Kier alpha value is -2.04. The summed E-state index contributed by atoms with van der Waals surface area (Å²) in [7, 11) is 0. The summed E-state index contributed by atoms with van der Waals surface area (Å²) in [6.07, 6.45) is 0.381. The summed E-state index contributed by atoms with van der Waals surface area (Å²) in [5.74, 6) is -0.348. The summed E-state index contributed by atoms with van der Waals surface area (Å²) in [6.45, 7) is 7.87. The molecule has 1 aromatic rings. The quantitative estimate of drug-likeness (QED) is 0.801. The van der Waals surface area contributed by atoms with Crippen molar-refractivity contribution in [1.82, 2.24) is 5.32 Å². The highest BCUT2D eigenvalue weighted by molar-refractivity contribution is 5.94. The predicted octanol–water partition coefficient (Wildman–Crippen LogP) is 2.00. The molecule has 5 nitrogen and oxygen atoms in total. The Bertz CT molecular complexity index is 439. The van der Waals surface area contributed by atoms with Crippen molar-refractivity contribution < 1.29 is 9.59 Å². The zero-order chi connectivity index (χ0) is 15.0. The maximum atomic E-state index is 11.6. The van der Waals surface area contributed by atoms with Crippen LogP contribution < -0.4 is 15.5 Å². The molecule has 0 aliphatic rings. The van der Waals surface area contributed by atoms with E-state index >= 15 is 0 Å². The van der Waals surface area contributed by atoms with E-state index in [9.17, 15) is 9.59 Å². The minimum absolute atomic E-state index is 0.00443. The van der Waals surface area contributed by atoms with E-state index in [1.54, 1.807) is 6.92 Å². The number of hydrogen-bond acceptors (Lipinski definition) is 3. The standard InChI is InChI=1S/C15H23N3O2/c1-4-14(19)16-11-15(20)17-12-7-9-13(10-8-12)18(5-2)6-3/h7-10H,4-6,11H2,1-3H3,(H,16,19)(H,17,20). The highest BCUT2D eigenvalue weighted by Gasteiger charge is 2.05. The average molecular weight is 277 g/mol. The number of nitrogens with zero attached hydrogens (tertiary/aromatic N) is 1. The molecule has 0 aliphatic heterocycles. The van der Waals surface area contributed by atoms with Crippen molar-refractivity contribution >= 4 is 23.2 Å². The minimum Gasteiger partial charge on any atom is -0.372 e. The van der Waals surface area contributed by atoms with Gasteiger partial charge in [0.25, 0.3) is 0 Å². The van der Waals surface area contributed by atoms with Gasteiger partial charge in [-0.3, -0.25) is 9.59 Å². The lowest BCUT2D eigenvalue weighted by Gasteiger charge is -2.21. The molecular weight excluding hydrogens is 254 g/mol. The third-order valence-corrected chi connectivity index (χ3v) is 3.05. The first kappa shape index (κ1) is 16.0. The fourth-order valence-electron chi connectivity index (χ4n) is 1.85. The fourth-order valence-corrected chi connectivity index (χ4v) is 1.85. The second-order valence-electron chi connectivity index (χ2n) is 4.40. The van der Waals surface area contributed by atoms with Crippen LogP contribution in [0, 0.1) is 0 Å². The van der Waals surface area contributed by atoms with Crippen molar-refractivity contribution in [2.75, 3.05) is 29.9 Å². The van der Waals surface area contributed by atoms with E-state index in [1.807, 2.05) is 24.3 Å². The van der Waals surface area contributed by atoms with Crippen LogP contribution in [0.1, 0.15) is 27.2 Å². The molecule has 0 atom stereocenters. The van der Waals surface area contributed by atoms with Gasteiger partial charge in [0.1, 0.15) is 0 Å². The van der Waals surface area contributed by atoms with Gasteiger partial charge in [-0.25, -0.2) is 0 Å². The molecule has 0 fully saturated rings. The summed E-state index contributed by atoms with van der Waals surface area (Å²) in [5, 5.41) is 5.29. The third kappa shape index (κ3) is 4.91. The highest BCUT2D eigenvalue weighted by Crippen LogP contribution is 2.17. The molecule has 1 rings (SSSR count). The molecular formula is C15H23N3O2. The average Bonchev–Trinajstić information content (AvgIpc) is 2.47. The topological polar surface area (TPSA) is 61.4 Å². The number of carbonyl (C=O) groups is 2. The lowest BCUT2D eigenvalue weighted by atomic mass is 10.2. The van der Waals surface area contributed by atoms with Gasteiger partial charge in [-0.2, -0.15) is 0 Å². The molecule has 0 aliphatic carbocycles. The van der Waals surface area contributed by atoms with Gasteiger partial charge in [-0.1, -0.05) is 6.92 Å². The van der Waals surface area contributed by atoms with Crippen molar-refractivity contribution in [3.8, 4) is 0 Å². The van der Waals surface area contributed by atoms with E-state index in [0.717, 1.165) is 24.5 Å². The number of anilines is 2. The zero-order valence-corrected chi connectivity index (χ0v) is 12.4. The molecule has 0 aromatic heterocycles. The van der Waals surface area contributed by atoms with Gasteiger partial charge in [0.05, 0.1) is 6.54 Å². The maximum Gasteiger partial charge on any atom is 0.243 e. The van der Waals surface area contributed by atoms with E-state index in [4.69, 9.17) is 0 Å². The first-order valence-corrected chi connectivity index (χ1v) is 7.02. The Morgan fingerprint density at radius 2 is 1.60 bits per heavy atom. The van der Waals surface area contributed by atoms with Crippen molar-refractivity contribution in [3.05, 3.63) is 24.3 Å². The molecule has 2 N–H and O–H groups in total. The molecule has 20 heavy (non-hydrogen) atoms. The zero-order valence-electron chi connectivity index (χ0n) is 12.4. The number of rotatable bonds is 7. The van der Waals surface area contributed by atoms with Gasteiger partial charge >= 0.3 is 0 Å². The monoisotopic (exact) mass is 277 g/mol. The van der Waals surface area contributed by atoms with Crippen LogP contribution in [0.4, 0.5) is 11.4 Å². The van der Waals surface area contributed by atoms with Crippen LogP contribution in [-0.4, -0.2) is 31.4 Å². The molecule has 0 unspecified atom stereocenters. The van der Waals surface area contributed by atoms with Crippen molar-refractivity contribution in [2.24, 2.45) is 0 Å². The number of benzene rings is 1. The molecule has 2 amide bonds. The molecule has 0 radical (unpaired) electrons. The summed E-state index contributed by atoms with van der Waals surface area (Å²) < 4.78 is 0. The lowest BCUT2D eigenvalue weighted by molar-refractivity contribution is -0.123. The molecule has 0 saturated heterocycles. The van der Waals surface area contributed by atoms with Gasteiger partial charge < -0.3 is 15.5 Å². The van der Waals surface area contributed by atoms with Crippen LogP contribution in [0.2, 0.25) is 0 Å². The van der Waals surface area contributed by atoms with Crippen molar-refractivity contribution in [2.45, 2.75) is 27.2 Å². The largest absolute Gasteiger partial charge is 0.372 e. The smallest absolute Gasteiger partial charge is 0.243 e. The Morgan fingerprint density at radius 3 is 2.10 bits per heavy atom. The highest BCUT2D eigenvalue weighted by atomic mass is 16.2. The predicted molar refractivity (Wildman–Crippen MR) is 81.9 cm³/mol. The number of nitrogens with one attached hydrogen (secondary N) is 2. The van der Waals surface area contributed by atoms with Crippen LogP contribution in [-0.2, 0) is 9.59 Å². The van der Waals surface area contributed by atoms with Crippen LogP contribution >= 0.6 is 0 Å². The Kier molecular flexibility index (Phi) is 6.56. The van der Waals surface area contributed by atoms with E-state index in [-0.39, 0.29) is 18.4 Å². The SMILES string of the molecule is CCC(=O)NCC(=O)Nc1ccc(N(CC)CC)cc1. The second kappa shape index (κ2) is 8.19. The molecule has 5 heteroatoms. The van der Waals surface area contributed by atoms with Gasteiger partial charge in [-0.05, 0) is 38.1 Å². The van der Waals surface area contributed by atoms with Gasteiger partial charge in [0.15, 0.2) is 0 Å². The number of carbonyl (C=O) groups excluding carboxylic acids is 2. The van der Waals surface area contributed by atoms with E-state index in [0.29, 0.717) is 6.42 Å². The first-order chi connectivity index (χ1) is 9.60. The van der Waals surface area contributed by atoms with E-state index in [2.05, 4.69) is 29.4 Å². The van der Waals surface area contributed by atoms with Crippen molar-refractivity contribution in [3.63, 3.8) is 0 Å². The Balaban J connectivity index is 2.52. The number of amides is 2. The van der Waals surface area contributed by atoms with Gasteiger partial charge in [-0.15, -0.1) is 0 Å². The Labute approximate surface area is 120 Å². The van der Waals surface area contributed by atoms with Crippen LogP contribution in [0.5, 0.6) is 0 Å². The third-order valence-electron chi connectivity index (χ3n) is 3.05. The molecule has 0 heterocycles. The summed E-state index contributed by atoms with van der Waals surface area (Å²) in [6, 6.07) is 7.70. The first-order valence-electron chi connectivity index (χ1n) is 7.02. The van der Waals surface area contributed by atoms with Gasteiger partial charge in [0, 0.05) is 30.9 Å². The lowest BCUT2D eigenvalue weighted by Crippen LogP contribution is -2.32. The summed E-state index contributed by atoms with van der Waals surface area (Å²) in [5.41, 5.74) is 1.86. The fraction of sp³-hybridized carbons (Fsp3) is 0.467. The molecule has 0 saturated carbocycles. The maximum absolute atomic E-state index is 11.6. The second-order valence-corrected chi connectivity index (χ2v) is 4.40. The van der Waals surface area contributed by atoms with Crippen molar-refractivity contribution in [1.29, 1.82) is 0 Å². The van der Waals surface area contributed by atoms with Gasteiger partial charge in [0.2, 0.25) is 11.8 Å². The molecule has 0 spiro atoms. The van der Waals surface area contributed by atoms with Crippen LogP contribution in [0.15, 0.2) is 24.3 Å². The summed E-state index contributed by atoms with van der Waals surface area (Å²) in [4.78, 5) is 24.9.